The summed E-state index contributed by atoms with van der Waals surface area (Å²) in [7, 11) is 1.99. The van der Waals surface area contributed by atoms with Crippen LogP contribution in [0.25, 0.3) is 0 Å². The molecule has 3 heteroatoms. The van der Waals surface area contributed by atoms with E-state index in [1.54, 1.807) is 0 Å². The lowest BCUT2D eigenvalue weighted by Gasteiger charge is -2.30. The van der Waals surface area contributed by atoms with Crippen molar-refractivity contribution in [1.82, 2.24) is 10.3 Å². The van der Waals surface area contributed by atoms with Crippen molar-refractivity contribution < 1.29 is 0 Å². The first-order valence-electron chi connectivity index (χ1n) is 6.64. The molecule has 0 radical (unpaired) electrons. The van der Waals surface area contributed by atoms with Crippen molar-refractivity contribution in [3.05, 3.63) is 34.5 Å². The molecule has 0 atom stereocenters. The fourth-order valence-corrected chi connectivity index (χ4v) is 2.59. The molecule has 2 rings (SSSR count). The normalized spacial score (nSPS) is 15.8. The quantitative estimate of drug-likeness (QED) is 0.830. The van der Waals surface area contributed by atoms with Crippen molar-refractivity contribution in [2.75, 3.05) is 25.0 Å². The number of nitrogens with zero attached hydrogens (tertiary/aromatic N) is 2. The number of hydrogen-bond acceptors (Lipinski definition) is 3. The smallest absolute Gasteiger partial charge is 0.133 e. The molecule has 1 aromatic heterocycles. The minimum absolute atomic E-state index is 0.883. The molecule has 98 valence electrons. The van der Waals surface area contributed by atoms with Gasteiger partial charge in [-0.25, -0.2) is 4.98 Å². The Labute approximate surface area is 110 Å². The average molecular weight is 245 g/mol. The topological polar surface area (TPSA) is 28.2 Å². The van der Waals surface area contributed by atoms with Crippen LogP contribution in [0.4, 0.5) is 5.82 Å². The van der Waals surface area contributed by atoms with Gasteiger partial charge in [-0.1, -0.05) is 11.6 Å². The van der Waals surface area contributed by atoms with Crippen LogP contribution < -0.4 is 10.2 Å². The first-order valence-corrected chi connectivity index (χ1v) is 6.64. The van der Waals surface area contributed by atoms with Gasteiger partial charge in [0, 0.05) is 30.9 Å². The predicted octanol–water partition coefficient (Wildman–Crippen LogP) is 2.57. The lowest BCUT2D eigenvalue weighted by atomic mass is 10.1. The standard InChI is InChI=1S/C15H23N3/c1-11-6-5-7-18(10-11)15-14(9-16-4)12(2)8-13(3)17-15/h6,8,16H,5,7,9-10H2,1-4H3. The van der Waals surface area contributed by atoms with Gasteiger partial charge in [0.15, 0.2) is 0 Å². The highest BCUT2D eigenvalue weighted by atomic mass is 15.2. The third-order valence-corrected chi connectivity index (χ3v) is 3.44. The Hall–Kier alpha value is -1.35. The molecule has 18 heavy (non-hydrogen) atoms. The van der Waals surface area contributed by atoms with Gasteiger partial charge in [-0.3, -0.25) is 0 Å². The minimum atomic E-state index is 0.883. The van der Waals surface area contributed by atoms with Crippen molar-refractivity contribution in [3.8, 4) is 0 Å². The van der Waals surface area contributed by atoms with Gasteiger partial charge >= 0.3 is 0 Å². The van der Waals surface area contributed by atoms with Gasteiger partial charge in [-0.2, -0.15) is 0 Å². The molecule has 3 nitrogen and oxygen atoms in total. The van der Waals surface area contributed by atoms with Crippen LogP contribution in [0.5, 0.6) is 0 Å². The molecule has 0 aliphatic carbocycles. The highest BCUT2D eigenvalue weighted by Gasteiger charge is 2.17. The Morgan fingerprint density at radius 2 is 2.11 bits per heavy atom. The fraction of sp³-hybridized carbons (Fsp3) is 0.533. The third-order valence-electron chi connectivity index (χ3n) is 3.44. The highest BCUT2D eigenvalue weighted by molar-refractivity contribution is 5.53. The molecule has 1 aliphatic heterocycles. The van der Waals surface area contributed by atoms with Gasteiger partial charge in [0.05, 0.1) is 0 Å². The van der Waals surface area contributed by atoms with Gasteiger partial charge in [-0.05, 0) is 45.9 Å². The molecule has 2 heterocycles. The van der Waals surface area contributed by atoms with Crippen molar-refractivity contribution in [2.24, 2.45) is 0 Å². The van der Waals surface area contributed by atoms with Crippen molar-refractivity contribution in [2.45, 2.75) is 33.7 Å². The minimum Gasteiger partial charge on any atom is -0.352 e. The average Bonchev–Trinajstić information content (AvgIpc) is 2.32. The lowest BCUT2D eigenvalue weighted by Crippen LogP contribution is -2.31. The van der Waals surface area contributed by atoms with Crippen molar-refractivity contribution in [1.29, 1.82) is 0 Å². The largest absolute Gasteiger partial charge is 0.352 e. The Bertz CT molecular complexity index is 463. The van der Waals surface area contributed by atoms with E-state index in [9.17, 15) is 0 Å². The SMILES string of the molecule is CNCc1c(C)cc(C)nc1N1CCC=C(C)C1. The summed E-state index contributed by atoms with van der Waals surface area (Å²) in [6.45, 7) is 9.42. The Morgan fingerprint density at radius 1 is 1.33 bits per heavy atom. The van der Waals surface area contributed by atoms with E-state index in [-0.39, 0.29) is 0 Å². The van der Waals surface area contributed by atoms with Crippen LogP contribution in [0.3, 0.4) is 0 Å². The molecule has 0 aromatic carbocycles. The van der Waals surface area contributed by atoms with E-state index in [1.807, 2.05) is 7.05 Å². The zero-order chi connectivity index (χ0) is 13.1. The lowest BCUT2D eigenvalue weighted by molar-refractivity contribution is 0.746. The molecule has 0 amide bonds. The second-order valence-corrected chi connectivity index (χ2v) is 5.17. The number of pyridine rings is 1. The first kappa shape index (κ1) is 13.1. The molecule has 1 aromatic rings. The van der Waals surface area contributed by atoms with Gasteiger partial charge in [0.1, 0.15) is 5.82 Å². The number of hydrogen-bond donors (Lipinski definition) is 1. The Balaban J connectivity index is 2.38. The molecular formula is C15H23N3. The fourth-order valence-electron chi connectivity index (χ4n) is 2.59. The summed E-state index contributed by atoms with van der Waals surface area (Å²) in [6, 6.07) is 2.17. The van der Waals surface area contributed by atoms with Crippen LogP contribution in [-0.4, -0.2) is 25.1 Å². The monoisotopic (exact) mass is 245 g/mol. The van der Waals surface area contributed by atoms with E-state index in [4.69, 9.17) is 4.98 Å². The van der Waals surface area contributed by atoms with Gasteiger partial charge in [0.2, 0.25) is 0 Å². The van der Waals surface area contributed by atoms with Crippen LogP contribution in [0.15, 0.2) is 17.7 Å². The van der Waals surface area contributed by atoms with E-state index in [0.717, 1.165) is 37.6 Å². The van der Waals surface area contributed by atoms with Gasteiger partial charge < -0.3 is 10.2 Å². The number of aryl methyl sites for hydroxylation is 2. The maximum atomic E-state index is 4.77. The van der Waals surface area contributed by atoms with E-state index >= 15 is 0 Å². The van der Waals surface area contributed by atoms with Crippen LogP contribution in [-0.2, 0) is 6.54 Å². The van der Waals surface area contributed by atoms with E-state index in [1.165, 1.54) is 16.7 Å². The van der Waals surface area contributed by atoms with E-state index < -0.39 is 0 Å². The van der Waals surface area contributed by atoms with Crippen LogP contribution in [0, 0.1) is 13.8 Å². The second-order valence-electron chi connectivity index (χ2n) is 5.17. The Morgan fingerprint density at radius 3 is 2.78 bits per heavy atom. The van der Waals surface area contributed by atoms with Crippen LogP contribution >= 0.6 is 0 Å². The molecular weight excluding hydrogens is 222 g/mol. The maximum Gasteiger partial charge on any atom is 0.133 e. The number of anilines is 1. The predicted molar refractivity (Wildman–Crippen MR) is 77.1 cm³/mol. The van der Waals surface area contributed by atoms with Crippen LogP contribution in [0.1, 0.15) is 30.2 Å². The molecule has 0 saturated carbocycles. The van der Waals surface area contributed by atoms with E-state index in [0.29, 0.717) is 0 Å². The zero-order valence-electron chi connectivity index (χ0n) is 11.9. The highest BCUT2D eigenvalue weighted by Crippen LogP contribution is 2.25. The summed E-state index contributed by atoms with van der Waals surface area (Å²) in [5, 5.41) is 3.25. The molecule has 1 aliphatic rings. The van der Waals surface area contributed by atoms with Gasteiger partial charge in [-0.15, -0.1) is 0 Å². The summed E-state index contributed by atoms with van der Waals surface area (Å²) in [5.74, 6) is 1.16. The molecule has 0 saturated heterocycles. The number of aromatic nitrogens is 1. The molecule has 0 unspecified atom stereocenters. The summed E-state index contributed by atoms with van der Waals surface area (Å²) in [4.78, 5) is 7.17. The summed E-state index contributed by atoms with van der Waals surface area (Å²) in [5.41, 5.74) is 5.21. The second kappa shape index (κ2) is 5.53. The molecule has 1 N–H and O–H groups in total. The summed E-state index contributed by atoms with van der Waals surface area (Å²) in [6.07, 6.45) is 3.45. The summed E-state index contributed by atoms with van der Waals surface area (Å²) >= 11 is 0. The van der Waals surface area contributed by atoms with Crippen LogP contribution in [0.2, 0.25) is 0 Å². The van der Waals surface area contributed by atoms with Crippen molar-refractivity contribution >= 4 is 5.82 Å². The van der Waals surface area contributed by atoms with Crippen molar-refractivity contribution in [3.63, 3.8) is 0 Å². The summed E-state index contributed by atoms with van der Waals surface area (Å²) < 4.78 is 0. The zero-order valence-corrected chi connectivity index (χ0v) is 11.9. The molecule has 0 spiro atoms. The Kier molecular flexibility index (Phi) is 4.02. The number of rotatable bonds is 3. The van der Waals surface area contributed by atoms with E-state index in [2.05, 4.69) is 43.1 Å². The maximum absolute atomic E-state index is 4.77. The van der Waals surface area contributed by atoms with Gasteiger partial charge in [0.25, 0.3) is 0 Å². The first-order chi connectivity index (χ1) is 8.61. The number of nitrogens with one attached hydrogen (secondary N) is 1. The molecule has 0 bridgehead atoms. The third kappa shape index (κ3) is 2.72. The molecule has 0 fully saturated rings.